The molecule has 0 aromatic carbocycles. The van der Waals surface area contributed by atoms with Crippen LogP contribution in [0.5, 0.6) is 0 Å². The summed E-state index contributed by atoms with van der Waals surface area (Å²) in [6.45, 7) is 13.0. The van der Waals surface area contributed by atoms with E-state index in [1.807, 2.05) is 27.7 Å². The molecule has 0 spiro atoms. The highest BCUT2D eigenvalue weighted by Gasteiger charge is 2.31. The van der Waals surface area contributed by atoms with E-state index in [-0.39, 0.29) is 24.8 Å². The molecule has 176 valence electrons. The van der Waals surface area contributed by atoms with Gasteiger partial charge in [0, 0.05) is 6.54 Å². The third-order valence-electron chi connectivity index (χ3n) is 4.44. The Hall–Kier alpha value is -1.87. The topological polar surface area (TPSA) is 157 Å². The Morgan fingerprint density at radius 1 is 0.967 bits per heavy atom. The summed E-state index contributed by atoms with van der Waals surface area (Å²) in [7, 11) is 0. The number of hydrogen-bond acceptors (Lipinski definition) is 6. The van der Waals surface area contributed by atoms with E-state index in [1.54, 1.807) is 20.8 Å². The Morgan fingerprint density at radius 3 is 1.90 bits per heavy atom. The third kappa shape index (κ3) is 12.0. The molecule has 0 aromatic rings. The Bertz CT molecular complexity index is 560. The van der Waals surface area contributed by atoms with Crippen LogP contribution in [0.25, 0.3) is 0 Å². The van der Waals surface area contributed by atoms with Crippen molar-refractivity contribution < 1.29 is 24.2 Å². The molecule has 0 saturated heterocycles. The first-order valence-corrected chi connectivity index (χ1v) is 10.6. The van der Waals surface area contributed by atoms with E-state index in [1.165, 1.54) is 0 Å². The number of nitrogens with two attached hydrogens (primary N) is 2. The fourth-order valence-electron chi connectivity index (χ4n) is 3.05. The molecule has 0 aliphatic carbocycles. The van der Waals surface area contributed by atoms with Crippen molar-refractivity contribution in [3.05, 3.63) is 0 Å². The molecule has 9 nitrogen and oxygen atoms in total. The number of hydrogen-bond donors (Lipinski definition) is 5. The van der Waals surface area contributed by atoms with Crippen LogP contribution in [0.4, 0.5) is 4.79 Å². The van der Waals surface area contributed by atoms with E-state index >= 15 is 0 Å². The molecule has 0 fully saturated rings. The van der Waals surface area contributed by atoms with Gasteiger partial charge < -0.3 is 31.9 Å². The Kier molecular flexibility index (Phi) is 11.9. The van der Waals surface area contributed by atoms with Gasteiger partial charge in [-0.05, 0) is 51.9 Å². The maximum atomic E-state index is 12.6. The van der Waals surface area contributed by atoms with Crippen molar-refractivity contribution in [2.45, 2.75) is 91.5 Å². The molecule has 0 rings (SSSR count). The van der Waals surface area contributed by atoms with Gasteiger partial charge in [-0.3, -0.25) is 9.59 Å². The van der Waals surface area contributed by atoms with Crippen LogP contribution in [0.3, 0.4) is 0 Å². The molecule has 0 aliphatic heterocycles. The van der Waals surface area contributed by atoms with E-state index in [0.29, 0.717) is 12.8 Å². The van der Waals surface area contributed by atoms with Gasteiger partial charge in [-0.25, -0.2) is 4.79 Å². The number of alkyl carbamates (subject to hydrolysis) is 1. The predicted molar refractivity (Wildman–Crippen MR) is 116 cm³/mol. The van der Waals surface area contributed by atoms with Crippen molar-refractivity contribution in [3.63, 3.8) is 0 Å². The third-order valence-corrected chi connectivity index (χ3v) is 4.44. The van der Waals surface area contributed by atoms with Crippen molar-refractivity contribution in [3.8, 4) is 0 Å². The van der Waals surface area contributed by atoms with E-state index in [4.69, 9.17) is 16.2 Å². The normalized spacial score (nSPS) is 16.0. The van der Waals surface area contributed by atoms with E-state index in [9.17, 15) is 19.5 Å². The number of aliphatic hydroxyl groups is 1. The van der Waals surface area contributed by atoms with Gasteiger partial charge in [-0.1, -0.05) is 27.7 Å². The lowest BCUT2D eigenvalue weighted by Gasteiger charge is -2.29. The lowest BCUT2D eigenvalue weighted by molar-refractivity contribution is -0.130. The summed E-state index contributed by atoms with van der Waals surface area (Å²) in [5, 5.41) is 16.1. The second-order valence-corrected chi connectivity index (χ2v) is 9.71. The Balaban J connectivity index is 5.17. The SMILES string of the molecule is CC(C)C[C@H](NC(=O)C(CN)CC(O)[C@H](CC(C)C)NC(=O)OC(C)(C)C)C(N)=O. The lowest BCUT2D eigenvalue weighted by atomic mass is 9.91. The van der Waals surface area contributed by atoms with Gasteiger partial charge >= 0.3 is 6.09 Å². The molecular weight excluding hydrogens is 388 g/mol. The van der Waals surface area contributed by atoms with Crippen LogP contribution >= 0.6 is 0 Å². The molecule has 0 radical (unpaired) electrons. The smallest absolute Gasteiger partial charge is 0.407 e. The molecule has 3 amide bonds. The highest BCUT2D eigenvalue weighted by atomic mass is 16.6. The largest absolute Gasteiger partial charge is 0.444 e. The van der Waals surface area contributed by atoms with Gasteiger partial charge in [0.25, 0.3) is 0 Å². The molecule has 7 N–H and O–H groups in total. The first-order valence-electron chi connectivity index (χ1n) is 10.6. The minimum atomic E-state index is -1.02. The number of aliphatic hydroxyl groups excluding tert-OH is 1. The Labute approximate surface area is 180 Å². The van der Waals surface area contributed by atoms with Gasteiger partial charge in [0.15, 0.2) is 0 Å². The van der Waals surface area contributed by atoms with Crippen molar-refractivity contribution >= 4 is 17.9 Å². The van der Waals surface area contributed by atoms with Crippen molar-refractivity contribution in [1.82, 2.24) is 10.6 Å². The summed E-state index contributed by atoms with van der Waals surface area (Å²) >= 11 is 0. The summed E-state index contributed by atoms with van der Waals surface area (Å²) < 4.78 is 5.28. The predicted octanol–water partition coefficient (Wildman–Crippen LogP) is 1.27. The van der Waals surface area contributed by atoms with E-state index in [0.717, 1.165) is 0 Å². The maximum Gasteiger partial charge on any atom is 0.407 e. The van der Waals surface area contributed by atoms with Crippen LogP contribution < -0.4 is 22.1 Å². The van der Waals surface area contributed by atoms with Crippen LogP contribution in [0.2, 0.25) is 0 Å². The summed E-state index contributed by atoms with van der Waals surface area (Å²) in [4.78, 5) is 36.4. The quantitative estimate of drug-likeness (QED) is 0.314. The second-order valence-electron chi connectivity index (χ2n) is 9.71. The molecular formula is C21H42N4O5. The number of carbonyl (C=O) groups is 3. The zero-order valence-corrected chi connectivity index (χ0v) is 19.5. The molecule has 2 unspecified atom stereocenters. The van der Waals surface area contributed by atoms with Gasteiger partial charge in [0.05, 0.1) is 18.1 Å². The molecule has 0 saturated carbocycles. The zero-order chi connectivity index (χ0) is 23.6. The average molecular weight is 431 g/mol. The monoisotopic (exact) mass is 430 g/mol. The van der Waals surface area contributed by atoms with Crippen LogP contribution in [-0.2, 0) is 14.3 Å². The highest BCUT2D eigenvalue weighted by Crippen LogP contribution is 2.17. The van der Waals surface area contributed by atoms with Crippen molar-refractivity contribution in [2.75, 3.05) is 6.54 Å². The Morgan fingerprint density at radius 2 is 1.50 bits per heavy atom. The summed E-state index contributed by atoms with van der Waals surface area (Å²) in [6.07, 6.45) is -0.709. The lowest BCUT2D eigenvalue weighted by Crippen LogP contribution is -2.51. The molecule has 0 aromatic heterocycles. The highest BCUT2D eigenvalue weighted by molar-refractivity contribution is 5.87. The summed E-state index contributed by atoms with van der Waals surface area (Å²) in [5.41, 5.74) is 10.5. The minimum Gasteiger partial charge on any atom is -0.444 e. The zero-order valence-electron chi connectivity index (χ0n) is 19.5. The maximum absolute atomic E-state index is 12.6. The molecule has 0 aliphatic rings. The van der Waals surface area contributed by atoms with Crippen LogP contribution in [0.1, 0.15) is 67.7 Å². The second kappa shape index (κ2) is 12.7. The van der Waals surface area contributed by atoms with E-state index < -0.39 is 47.6 Å². The standard InChI is InChI=1S/C21H42N4O5/c1-12(2)8-15(25-20(29)30-21(5,6)7)17(26)10-14(11-22)19(28)24-16(18(23)27)9-13(3)4/h12-17,26H,8-11,22H2,1-7H3,(H2,23,27)(H,24,28)(H,25,29)/t14?,15-,16-,17?/m0/s1. The molecule has 0 heterocycles. The fraction of sp³-hybridized carbons (Fsp3) is 0.857. The van der Waals surface area contributed by atoms with Gasteiger partial charge in [0.1, 0.15) is 11.6 Å². The van der Waals surface area contributed by atoms with Crippen LogP contribution in [-0.4, -0.2) is 53.3 Å². The van der Waals surface area contributed by atoms with Crippen LogP contribution in [0, 0.1) is 17.8 Å². The molecule has 4 atom stereocenters. The first kappa shape index (κ1) is 28.1. The van der Waals surface area contributed by atoms with Crippen LogP contribution in [0.15, 0.2) is 0 Å². The number of rotatable bonds is 12. The number of nitrogens with one attached hydrogen (secondary N) is 2. The molecule has 9 heteroatoms. The van der Waals surface area contributed by atoms with Gasteiger partial charge in [0.2, 0.25) is 11.8 Å². The molecule has 30 heavy (non-hydrogen) atoms. The minimum absolute atomic E-state index is 0.0170. The van der Waals surface area contributed by atoms with Crippen molar-refractivity contribution in [1.29, 1.82) is 0 Å². The number of carbonyl (C=O) groups excluding carboxylic acids is 3. The number of amides is 3. The first-order chi connectivity index (χ1) is 13.7. The van der Waals surface area contributed by atoms with Gasteiger partial charge in [-0.15, -0.1) is 0 Å². The average Bonchev–Trinajstić information content (AvgIpc) is 2.55. The number of ether oxygens (including phenoxy) is 1. The van der Waals surface area contributed by atoms with Gasteiger partial charge in [-0.2, -0.15) is 0 Å². The number of primary amides is 1. The van der Waals surface area contributed by atoms with Crippen molar-refractivity contribution in [2.24, 2.45) is 29.2 Å². The fourth-order valence-corrected chi connectivity index (χ4v) is 3.05. The van der Waals surface area contributed by atoms with E-state index in [2.05, 4.69) is 10.6 Å². The molecule has 0 bridgehead atoms. The summed E-state index contributed by atoms with van der Waals surface area (Å²) in [6, 6.07) is -1.40. The summed E-state index contributed by atoms with van der Waals surface area (Å²) in [5.74, 6) is -1.43.